The fourth-order valence-electron chi connectivity index (χ4n) is 2.19. The van der Waals surface area contributed by atoms with Crippen LogP contribution in [0.5, 0.6) is 0 Å². The van der Waals surface area contributed by atoms with Crippen molar-refractivity contribution in [1.82, 2.24) is 10.2 Å². The Bertz CT molecular complexity index is 283. The number of thiocarbonyl (C=S) groups is 1. The van der Waals surface area contributed by atoms with Gasteiger partial charge in [0.15, 0.2) is 0 Å². The number of hydrogen-bond donors (Lipinski definition) is 2. The van der Waals surface area contributed by atoms with Crippen LogP contribution in [0.2, 0.25) is 0 Å². The van der Waals surface area contributed by atoms with E-state index in [1.165, 1.54) is 6.42 Å². The first-order valence-electron chi connectivity index (χ1n) is 6.39. The fraction of sp³-hybridized carbons (Fsp3) is 0.833. The van der Waals surface area contributed by atoms with Crippen LogP contribution < -0.4 is 11.1 Å². The Morgan fingerprint density at radius 3 is 2.88 bits per heavy atom. The Kier molecular flexibility index (Phi) is 5.68. The standard InChI is InChI=1S/C12H23N3OS/c1-3-5-10(11(13)17)14-12(16)15-7-4-6-9(2)8-15/h9-10H,3-8H2,1-2H3,(H2,13,17)(H,14,16). The minimum Gasteiger partial charge on any atom is -0.392 e. The van der Waals surface area contributed by atoms with Crippen LogP contribution in [0.4, 0.5) is 4.79 Å². The molecular formula is C12H23N3OS. The maximum atomic E-state index is 12.0. The highest BCUT2D eigenvalue weighted by atomic mass is 32.1. The van der Waals surface area contributed by atoms with E-state index in [-0.39, 0.29) is 12.1 Å². The van der Waals surface area contributed by atoms with Crippen LogP contribution in [0.3, 0.4) is 0 Å². The highest BCUT2D eigenvalue weighted by Crippen LogP contribution is 2.15. The lowest BCUT2D eigenvalue weighted by Crippen LogP contribution is -2.51. The van der Waals surface area contributed by atoms with Crippen molar-refractivity contribution in [2.24, 2.45) is 11.7 Å². The molecule has 5 heteroatoms. The third-order valence-electron chi connectivity index (χ3n) is 3.16. The molecule has 0 bridgehead atoms. The number of nitrogens with zero attached hydrogens (tertiary/aromatic N) is 1. The Morgan fingerprint density at radius 1 is 1.65 bits per heavy atom. The molecule has 2 unspecified atom stereocenters. The lowest BCUT2D eigenvalue weighted by molar-refractivity contribution is 0.168. The van der Waals surface area contributed by atoms with Gasteiger partial charge in [0.2, 0.25) is 0 Å². The van der Waals surface area contributed by atoms with Crippen molar-refractivity contribution in [2.75, 3.05) is 13.1 Å². The molecule has 0 radical (unpaired) electrons. The number of carbonyl (C=O) groups is 1. The first-order valence-corrected chi connectivity index (χ1v) is 6.80. The first-order chi connectivity index (χ1) is 8.04. The second-order valence-corrected chi connectivity index (χ2v) is 5.36. The van der Waals surface area contributed by atoms with Gasteiger partial charge in [-0.25, -0.2) is 4.79 Å². The summed E-state index contributed by atoms with van der Waals surface area (Å²) >= 11 is 4.97. The zero-order valence-electron chi connectivity index (χ0n) is 10.7. The summed E-state index contributed by atoms with van der Waals surface area (Å²) < 4.78 is 0. The predicted molar refractivity (Wildman–Crippen MR) is 74.0 cm³/mol. The zero-order chi connectivity index (χ0) is 12.8. The molecule has 0 spiro atoms. The average Bonchev–Trinajstić information content (AvgIpc) is 2.28. The van der Waals surface area contributed by atoms with E-state index in [0.29, 0.717) is 10.9 Å². The fourth-order valence-corrected chi connectivity index (χ4v) is 2.37. The van der Waals surface area contributed by atoms with Crippen molar-refractivity contribution >= 4 is 23.2 Å². The van der Waals surface area contributed by atoms with Crippen LogP contribution in [0, 0.1) is 5.92 Å². The van der Waals surface area contributed by atoms with Crippen LogP contribution in [0.1, 0.15) is 39.5 Å². The molecule has 1 aliphatic rings. The van der Waals surface area contributed by atoms with Crippen LogP contribution >= 0.6 is 12.2 Å². The van der Waals surface area contributed by atoms with Gasteiger partial charge in [-0.1, -0.05) is 32.5 Å². The molecule has 3 N–H and O–H groups in total. The van der Waals surface area contributed by atoms with Gasteiger partial charge < -0.3 is 16.0 Å². The number of nitrogens with two attached hydrogens (primary N) is 1. The number of piperidine rings is 1. The van der Waals surface area contributed by atoms with Crippen LogP contribution in [-0.4, -0.2) is 35.1 Å². The van der Waals surface area contributed by atoms with Gasteiger partial charge in [0.05, 0.1) is 11.0 Å². The van der Waals surface area contributed by atoms with Gasteiger partial charge in [0.1, 0.15) is 0 Å². The van der Waals surface area contributed by atoms with Gasteiger partial charge in [-0.15, -0.1) is 0 Å². The maximum Gasteiger partial charge on any atom is 0.317 e. The molecule has 98 valence electrons. The Hall–Kier alpha value is -0.840. The van der Waals surface area contributed by atoms with Crippen LogP contribution in [0.25, 0.3) is 0 Å². The van der Waals surface area contributed by atoms with E-state index < -0.39 is 0 Å². The minimum absolute atomic E-state index is 0.0252. The lowest BCUT2D eigenvalue weighted by Gasteiger charge is -2.32. The molecule has 0 saturated carbocycles. The number of hydrogen-bond acceptors (Lipinski definition) is 2. The van der Waals surface area contributed by atoms with Crippen molar-refractivity contribution in [2.45, 2.75) is 45.6 Å². The Morgan fingerprint density at radius 2 is 2.35 bits per heavy atom. The molecule has 1 saturated heterocycles. The van der Waals surface area contributed by atoms with Crippen LogP contribution in [0.15, 0.2) is 0 Å². The molecule has 1 rings (SSSR count). The van der Waals surface area contributed by atoms with Gasteiger partial charge in [-0.05, 0) is 25.2 Å². The summed E-state index contributed by atoms with van der Waals surface area (Å²) in [7, 11) is 0. The van der Waals surface area contributed by atoms with E-state index in [2.05, 4.69) is 19.2 Å². The molecule has 1 aliphatic heterocycles. The zero-order valence-corrected chi connectivity index (χ0v) is 11.6. The Labute approximate surface area is 109 Å². The third-order valence-corrected chi connectivity index (χ3v) is 3.45. The third kappa shape index (κ3) is 4.50. The molecule has 2 atom stereocenters. The second-order valence-electron chi connectivity index (χ2n) is 4.89. The molecule has 17 heavy (non-hydrogen) atoms. The maximum absolute atomic E-state index is 12.0. The highest BCUT2D eigenvalue weighted by Gasteiger charge is 2.23. The van der Waals surface area contributed by atoms with E-state index >= 15 is 0 Å². The lowest BCUT2D eigenvalue weighted by atomic mass is 10.0. The number of rotatable bonds is 4. The van der Waals surface area contributed by atoms with Gasteiger partial charge in [0.25, 0.3) is 0 Å². The molecule has 0 aromatic carbocycles. The SMILES string of the molecule is CCCC(NC(=O)N1CCCC(C)C1)C(N)=S. The number of urea groups is 1. The first kappa shape index (κ1) is 14.2. The summed E-state index contributed by atoms with van der Waals surface area (Å²) in [4.78, 5) is 14.3. The van der Waals surface area contributed by atoms with Gasteiger partial charge in [-0.3, -0.25) is 0 Å². The van der Waals surface area contributed by atoms with Gasteiger partial charge in [0, 0.05) is 13.1 Å². The normalized spacial score (nSPS) is 22.0. The number of amides is 2. The van der Waals surface area contributed by atoms with Gasteiger partial charge in [-0.2, -0.15) is 0 Å². The van der Waals surface area contributed by atoms with Crippen molar-refractivity contribution in [3.05, 3.63) is 0 Å². The summed E-state index contributed by atoms with van der Waals surface area (Å²) in [5, 5.41) is 2.93. The molecule has 2 amide bonds. The van der Waals surface area contributed by atoms with Crippen molar-refractivity contribution in [3.8, 4) is 0 Å². The number of nitrogens with one attached hydrogen (secondary N) is 1. The molecule has 1 fully saturated rings. The Balaban J connectivity index is 2.48. The minimum atomic E-state index is -0.167. The number of carbonyl (C=O) groups excluding carboxylic acids is 1. The van der Waals surface area contributed by atoms with Crippen molar-refractivity contribution in [1.29, 1.82) is 0 Å². The highest BCUT2D eigenvalue weighted by molar-refractivity contribution is 7.80. The van der Waals surface area contributed by atoms with E-state index in [0.717, 1.165) is 32.4 Å². The molecule has 0 aromatic rings. The van der Waals surface area contributed by atoms with E-state index in [1.807, 2.05) is 4.90 Å². The second kappa shape index (κ2) is 6.79. The summed E-state index contributed by atoms with van der Waals surface area (Å²) in [6.07, 6.45) is 4.06. The monoisotopic (exact) mass is 257 g/mol. The molecule has 4 nitrogen and oxygen atoms in total. The van der Waals surface area contributed by atoms with Crippen molar-refractivity contribution in [3.63, 3.8) is 0 Å². The van der Waals surface area contributed by atoms with E-state index in [1.54, 1.807) is 0 Å². The largest absolute Gasteiger partial charge is 0.392 e. The predicted octanol–water partition coefficient (Wildman–Crippen LogP) is 1.88. The summed E-state index contributed by atoms with van der Waals surface area (Å²) in [5.74, 6) is 0.587. The smallest absolute Gasteiger partial charge is 0.317 e. The van der Waals surface area contributed by atoms with Gasteiger partial charge >= 0.3 is 6.03 Å². The quantitative estimate of drug-likeness (QED) is 0.756. The van der Waals surface area contributed by atoms with Crippen molar-refractivity contribution < 1.29 is 4.79 Å². The molecule has 1 heterocycles. The molecule has 0 aliphatic carbocycles. The van der Waals surface area contributed by atoms with E-state index in [4.69, 9.17) is 18.0 Å². The summed E-state index contributed by atoms with van der Waals surface area (Å²) in [6.45, 7) is 5.91. The number of likely N-dealkylation sites (tertiary alicyclic amines) is 1. The molecule has 0 aromatic heterocycles. The summed E-state index contributed by atoms with van der Waals surface area (Å²) in [6, 6.07) is -0.192. The average molecular weight is 257 g/mol. The molecular weight excluding hydrogens is 234 g/mol. The van der Waals surface area contributed by atoms with E-state index in [9.17, 15) is 4.79 Å². The van der Waals surface area contributed by atoms with Crippen LogP contribution in [-0.2, 0) is 0 Å². The topological polar surface area (TPSA) is 58.4 Å². The summed E-state index contributed by atoms with van der Waals surface area (Å²) in [5.41, 5.74) is 5.63.